The van der Waals surface area contributed by atoms with E-state index in [1.807, 2.05) is 22.6 Å². The van der Waals surface area contributed by atoms with Crippen molar-refractivity contribution in [3.63, 3.8) is 0 Å². The third-order valence-electron chi connectivity index (χ3n) is 3.02. The van der Waals surface area contributed by atoms with Crippen LogP contribution >= 0.6 is 45.8 Å². The van der Waals surface area contributed by atoms with Gasteiger partial charge in [-0.15, -0.1) is 10.0 Å². The first kappa shape index (κ1) is 21.3. The van der Waals surface area contributed by atoms with E-state index in [1.54, 1.807) is 48.5 Å². The highest BCUT2D eigenvalue weighted by atomic mass is 127. The Morgan fingerprint density at radius 3 is 1.74 bits per heavy atom. The van der Waals surface area contributed by atoms with Crippen LogP contribution in [0.15, 0.2) is 76.1 Å². The van der Waals surface area contributed by atoms with Crippen LogP contribution in [-0.4, -0.2) is 0 Å². The van der Waals surface area contributed by atoms with Crippen molar-refractivity contribution >= 4 is 62.9 Å². The van der Waals surface area contributed by atoms with Crippen molar-refractivity contribution in [1.82, 2.24) is 0 Å². The number of benzene rings is 3. The average molecular weight is 520 g/mol. The molecule has 0 fully saturated rings. The molecule has 3 rings (SSSR count). The van der Waals surface area contributed by atoms with E-state index in [2.05, 4.69) is 15.4 Å². The van der Waals surface area contributed by atoms with Crippen molar-refractivity contribution in [2.75, 3.05) is 0 Å². The minimum Gasteiger partial charge on any atom is -0.204 e. The van der Waals surface area contributed by atoms with Gasteiger partial charge in [0, 0.05) is 19.7 Å². The molecule has 9 heteroatoms. The van der Waals surface area contributed by atoms with Gasteiger partial charge in [0.25, 0.3) is 0 Å². The van der Waals surface area contributed by atoms with E-state index in [0.29, 0.717) is 25.0 Å². The predicted molar refractivity (Wildman–Crippen MR) is 112 cm³/mol. The van der Waals surface area contributed by atoms with Crippen LogP contribution in [0.25, 0.3) is 0 Å². The zero-order valence-corrected chi connectivity index (χ0v) is 17.1. The van der Waals surface area contributed by atoms with Crippen molar-refractivity contribution in [2.24, 2.45) is 15.4 Å². The van der Waals surface area contributed by atoms with E-state index in [-0.39, 0.29) is 5.69 Å². The summed E-state index contributed by atoms with van der Waals surface area (Å²) in [4.78, 5) is 9.82. The third kappa shape index (κ3) is 6.93. The van der Waals surface area contributed by atoms with Crippen LogP contribution in [0.4, 0.5) is 25.8 Å². The number of azo groups is 1. The highest BCUT2D eigenvalue weighted by Gasteiger charge is 2.07. The third-order valence-corrected chi connectivity index (χ3v) is 4.39. The maximum Gasteiger partial charge on any atom is 0.161 e. The molecule has 3 aromatic rings. The van der Waals surface area contributed by atoms with Crippen molar-refractivity contribution in [2.45, 2.75) is 0 Å². The summed E-state index contributed by atoms with van der Waals surface area (Å²) in [5, 5.41) is 11.7. The molecule has 0 aromatic heterocycles. The van der Waals surface area contributed by atoms with Gasteiger partial charge in [0.05, 0.1) is 5.69 Å². The van der Waals surface area contributed by atoms with Gasteiger partial charge in [0.1, 0.15) is 11.4 Å². The van der Waals surface area contributed by atoms with Gasteiger partial charge in [-0.25, -0.2) is 8.78 Å². The Bertz CT molecular complexity index is 952. The van der Waals surface area contributed by atoms with Crippen LogP contribution in [-0.2, 0) is 0 Å². The summed E-state index contributed by atoms with van der Waals surface area (Å²) < 4.78 is 26.4. The molecule has 0 heterocycles. The van der Waals surface area contributed by atoms with Gasteiger partial charge >= 0.3 is 0 Å². The van der Waals surface area contributed by atoms with Crippen molar-refractivity contribution < 1.29 is 8.78 Å². The standard InChI is InChI=1S/C12H6ClF2IN2.C6H4ClNO/c13-7-1-3-8(4-2-7)17-18-12-6-10(15)9(14)5-11(12)16;7-5-1-3-6(8-9)4-2-5/h1-6H;1-4H. The van der Waals surface area contributed by atoms with E-state index in [9.17, 15) is 13.7 Å². The van der Waals surface area contributed by atoms with Crippen molar-refractivity contribution in [3.05, 3.63) is 90.8 Å². The Hall–Kier alpha value is -1.97. The van der Waals surface area contributed by atoms with Crippen LogP contribution in [0.1, 0.15) is 0 Å². The molecule has 0 bridgehead atoms. The molecule has 0 saturated carbocycles. The van der Waals surface area contributed by atoms with E-state index in [0.717, 1.165) is 12.1 Å². The molecule has 0 amide bonds. The summed E-state index contributed by atoms with van der Waals surface area (Å²) in [5.41, 5.74) is 1.27. The molecule has 3 aromatic carbocycles. The Morgan fingerprint density at radius 2 is 1.22 bits per heavy atom. The van der Waals surface area contributed by atoms with Crippen LogP contribution in [0.2, 0.25) is 10.0 Å². The predicted octanol–water partition coefficient (Wildman–Crippen LogP) is 8.38. The van der Waals surface area contributed by atoms with Crippen LogP contribution in [0.3, 0.4) is 0 Å². The highest BCUT2D eigenvalue weighted by Crippen LogP contribution is 2.26. The van der Waals surface area contributed by atoms with E-state index < -0.39 is 11.6 Å². The number of halogens is 5. The maximum absolute atomic E-state index is 13.0. The second-order valence-electron chi connectivity index (χ2n) is 4.96. The van der Waals surface area contributed by atoms with E-state index in [1.165, 1.54) is 0 Å². The molecule has 0 aliphatic carbocycles. The van der Waals surface area contributed by atoms with E-state index in [4.69, 9.17) is 23.2 Å². The van der Waals surface area contributed by atoms with Gasteiger partial charge in [-0.2, -0.15) is 5.11 Å². The molecular formula is C18H10Cl2F2IN3O. The first-order valence-corrected chi connectivity index (χ1v) is 9.13. The van der Waals surface area contributed by atoms with Gasteiger partial charge in [-0.1, -0.05) is 23.2 Å². The molecule has 27 heavy (non-hydrogen) atoms. The molecule has 4 nitrogen and oxygen atoms in total. The Labute approximate surface area is 177 Å². The lowest BCUT2D eigenvalue weighted by molar-refractivity contribution is 0.508. The molecule has 0 radical (unpaired) electrons. The summed E-state index contributed by atoms with van der Waals surface area (Å²) in [7, 11) is 0. The van der Waals surface area contributed by atoms with Gasteiger partial charge < -0.3 is 0 Å². The summed E-state index contributed by atoms with van der Waals surface area (Å²) >= 11 is 13.1. The summed E-state index contributed by atoms with van der Waals surface area (Å²) in [6, 6.07) is 15.2. The second-order valence-corrected chi connectivity index (χ2v) is 7.00. The number of rotatable bonds is 3. The van der Waals surface area contributed by atoms with Crippen molar-refractivity contribution in [1.29, 1.82) is 0 Å². The average Bonchev–Trinajstić information content (AvgIpc) is 2.66. The summed E-state index contributed by atoms with van der Waals surface area (Å²) in [6.07, 6.45) is 0. The number of nitrogens with zero attached hydrogens (tertiary/aromatic N) is 3. The smallest absolute Gasteiger partial charge is 0.161 e. The Kier molecular flexibility index (Phi) is 8.21. The first-order valence-electron chi connectivity index (χ1n) is 7.30. The lowest BCUT2D eigenvalue weighted by Gasteiger charge is -1.99. The summed E-state index contributed by atoms with van der Waals surface area (Å²) in [6.45, 7) is 0. The van der Waals surface area contributed by atoms with E-state index >= 15 is 0 Å². The minimum atomic E-state index is -0.944. The van der Waals surface area contributed by atoms with Gasteiger partial charge in [-0.3, -0.25) is 0 Å². The fraction of sp³-hybridized carbons (Fsp3) is 0. The molecule has 138 valence electrons. The zero-order valence-electron chi connectivity index (χ0n) is 13.4. The quantitative estimate of drug-likeness (QED) is 0.148. The molecule has 0 aliphatic rings. The van der Waals surface area contributed by atoms with Crippen LogP contribution in [0.5, 0.6) is 0 Å². The number of hydrogen-bond donors (Lipinski definition) is 0. The number of hydrogen-bond acceptors (Lipinski definition) is 4. The maximum atomic E-state index is 13.0. The lowest BCUT2D eigenvalue weighted by Crippen LogP contribution is -1.84. The lowest BCUT2D eigenvalue weighted by atomic mass is 10.3. The van der Waals surface area contributed by atoms with Gasteiger partial charge in [-0.05, 0) is 82.4 Å². The monoisotopic (exact) mass is 519 g/mol. The van der Waals surface area contributed by atoms with Crippen molar-refractivity contribution in [3.8, 4) is 0 Å². The molecule has 0 spiro atoms. The molecule has 0 unspecified atom stereocenters. The topological polar surface area (TPSA) is 54.1 Å². The van der Waals surface area contributed by atoms with Gasteiger partial charge in [0.15, 0.2) is 11.6 Å². The SMILES string of the molecule is Fc1cc(I)c(N=Nc2ccc(Cl)cc2)cc1F.O=Nc1ccc(Cl)cc1. The molecule has 0 aliphatic heterocycles. The van der Waals surface area contributed by atoms with Crippen LogP contribution < -0.4 is 0 Å². The minimum absolute atomic E-state index is 0.282. The van der Waals surface area contributed by atoms with Gasteiger partial charge in [0.2, 0.25) is 0 Å². The normalized spacial score (nSPS) is 10.4. The Balaban J connectivity index is 0.000000244. The molecule has 0 saturated heterocycles. The largest absolute Gasteiger partial charge is 0.204 e. The number of nitroso groups, excluding NO2 is 1. The molecular weight excluding hydrogens is 510 g/mol. The Morgan fingerprint density at radius 1 is 0.741 bits per heavy atom. The molecule has 0 atom stereocenters. The summed E-state index contributed by atoms with van der Waals surface area (Å²) in [5.74, 6) is -1.84. The molecule has 0 N–H and O–H groups in total. The fourth-order valence-electron chi connectivity index (χ4n) is 1.71. The first-order chi connectivity index (χ1) is 12.9. The second kappa shape index (κ2) is 10.4. The zero-order chi connectivity index (χ0) is 19.8. The fourth-order valence-corrected chi connectivity index (χ4v) is 2.50. The van der Waals surface area contributed by atoms with Crippen LogP contribution in [0, 0.1) is 20.1 Å². The highest BCUT2D eigenvalue weighted by molar-refractivity contribution is 14.1.